The van der Waals surface area contributed by atoms with Crippen LogP contribution in [0.5, 0.6) is 0 Å². The van der Waals surface area contributed by atoms with Gasteiger partial charge in [0.05, 0.1) is 11.5 Å². The molecule has 8 heteroatoms. The number of amides is 4. The first-order valence-corrected chi connectivity index (χ1v) is 15.3. The highest BCUT2D eigenvalue weighted by atomic mass is 16.2. The fourth-order valence-corrected chi connectivity index (χ4v) is 6.46. The lowest BCUT2D eigenvalue weighted by Gasteiger charge is -2.43. The van der Waals surface area contributed by atoms with Gasteiger partial charge in [0.15, 0.2) is 0 Å². The summed E-state index contributed by atoms with van der Waals surface area (Å²) in [5.41, 5.74) is 5.48. The molecule has 3 aromatic rings. The minimum absolute atomic E-state index is 0.0162. The number of likely N-dealkylation sites (tertiary alicyclic amines) is 2. The number of nitrogens with one attached hydrogen (secondary N) is 2. The van der Waals surface area contributed by atoms with E-state index in [1.807, 2.05) is 60.4 Å². The van der Waals surface area contributed by atoms with E-state index in [1.165, 1.54) is 0 Å². The minimum atomic E-state index is -0.738. The molecule has 2 heterocycles. The predicted molar refractivity (Wildman–Crippen MR) is 165 cm³/mol. The molecule has 0 aliphatic carbocycles. The summed E-state index contributed by atoms with van der Waals surface area (Å²) >= 11 is 0. The predicted octanol–water partition coefficient (Wildman–Crippen LogP) is 3.15. The monoisotopic (exact) mass is 570 g/mol. The Morgan fingerprint density at radius 2 is 1.62 bits per heavy atom. The van der Waals surface area contributed by atoms with Crippen molar-refractivity contribution in [2.45, 2.75) is 57.5 Å². The second-order valence-electron chi connectivity index (χ2n) is 12.0. The van der Waals surface area contributed by atoms with E-state index >= 15 is 0 Å². The Labute approximate surface area is 248 Å². The Bertz CT molecular complexity index is 1390. The van der Waals surface area contributed by atoms with Crippen LogP contribution in [0.3, 0.4) is 0 Å². The van der Waals surface area contributed by atoms with Crippen LogP contribution < -0.4 is 16.4 Å². The molecule has 0 bridgehead atoms. The Morgan fingerprint density at radius 3 is 2.36 bits per heavy atom. The third-order valence-electron chi connectivity index (χ3n) is 8.84. The Hall–Kier alpha value is -3.91. The summed E-state index contributed by atoms with van der Waals surface area (Å²) in [7, 11) is 0. The molecule has 5 N–H and O–H groups in total. The summed E-state index contributed by atoms with van der Waals surface area (Å²) in [4.78, 5) is 44.9. The SMILES string of the molecule is CCNC(=O)[C@]1(Cc2ccccc2)CCCN(C(=O)[C@@H](Cc2ccc3ccccc3c2)NC(=O)N2CCC([NH3+])CC2)C1. The molecule has 2 fully saturated rings. The number of piperidine rings is 2. The fourth-order valence-electron chi connectivity index (χ4n) is 6.46. The lowest BCUT2D eigenvalue weighted by atomic mass is 9.74. The normalized spacial score (nSPS) is 20.2. The number of carbonyl (C=O) groups excluding carboxylic acids is 3. The average molecular weight is 571 g/mol. The van der Waals surface area contributed by atoms with Crippen LogP contribution in [0.1, 0.15) is 43.7 Å². The average Bonchev–Trinajstić information content (AvgIpc) is 3.01. The molecule has 4 amide bonds. The molecule has 0 radical (unpaired) electrons. The molecule has 2 atom stereocenters. The smallest absolute Gasteiger partial charge is 0.318 e. The molecule has 2 saturated heterocycles. The molecule has 42 heavy (non-hydrogen) atoms. The standard InChI is InChI=1S/C34H43N5O3/c1-2-36-32(41)34(23-25-9-4-3-5-10-25)17-8-18-39(24-34)31(40)30(37-33(42)38-19-15-29(35)16-20-38)22-26-13-14-27-11-6-7-12-28(27)21-26/h3-7,9-14,21,29-30H,2,8,15-20,22-24,35H2,1H3,(H,36,41)(H,37,42)/p+1/t30-,34+/m1/s1. The number of fused-ring (bicyclic) bond motifs is 1. The van der Waals surface area contributed by atoms with Crippen molar-refractivity contribution in [1.29, 1.82) is 0 Å². The maximum absolute atomic E-state index is 14.3. The summed E-state index contributed by atoms with van der Waals surface area (Å²) in [6.45, 7) is 4.62. The molecule has 222 valence electrons. The lowest BCUT2D eigenvalue weighted by Crippen LogP contribution is -2.65. The van der Waals surface area contributed by atoms with Crippen LogP contribution in [0.2, 0.25) is 0 Å². The molecule has 3 aromatic carbocycles. The first-order chi connectivity index (χ1) is 20.4. The molecule has 2 aliphatic heterocycles. The van der Waals surface area contributed by atoms with Crippen LogP contribution >= 0.6 is 0 Å². The number of quaternary nitrogens is 1. The molecular formula is C34H44N5O3+. The first kappa shape index (κ1) is 29.6. The van der Waals surface area contributed by atoms with Crippen molar-refractivity contribution in [3.8, 4) is 0 Å². The van der Waals surface area contributed by atoms with Gasteiger partial charge in [0, 0.05) is 52.0 Å². The maximum atomic E-state index is 14.3. The van der Waals surface area contributed by atoms with Gasteiger partial charge in [-0.25, -0.2) is 4.79 Å². The molecule has 5 rings (SSSR count). The van der Waals surface area contributed by atoms with Gasteiger partial charge in [-0.3, -0.25) is 9.59 Å². The zero-order chi connectivity index (χ0) is 29.5. The van der Waals surface area contributed by atoms with E-state index in [4.69, 9.17) is 0 Å². The van der Waals surface area contributed by atoms with Crippen LogP contribution in [-0.2, 0) is 22.4 Å². The largest absolute Gasteiger partial charge is 0.356 e. The molecule has 0 spiro atoms. The van der Waals surface area contributed by atoms with Crippen LogP contribution in [0, 0.1) is 5.41 Å². The number of rotatable bonds is 8. The van der Waals surface area contributed by atoms with Gasteiger partial charge in [0.1, 0.15) is 6.04 Å². The number of benzene rings is 3. The highest BCUT2D eigenvalue weighted by molar-refractivity contribution is 5.90. The van der Waals surface area contributed by atoms with Crippen LogP contribution in [0.4, 0.5) is 4.79 Å². The fraction of sp³-hybridized carbons (Fsp3) is 0.441. The van der Waals surface area contributed by atoms with Gasteiger partial charge in [0.2, 0.25) is 11.8 Å². The second kappa shape index (κ2) is 13.4. The Kier molecular flexibility index (Phi) is 9.42. The molecule has 0 saturated carbocycles. The van der Waals surface area contributed by atoms with E-state index < -0.39 is 11.5 Å². The van der Waals surface area contributed by atoms with Gasteiger partial charge in [-0.15, -0.1) is 0 Å². The first-order valence-electron chi connectivity index (χ1n) is 15.3. The highest BCUT2D eigenvalue weighted by Gasteiger charge is 2.44. The molecule has 8 nitrogen and oxygen atoms in total. The summed E-state index contributed by atoms with van der Waals surface area (Å²) in [5, 5.41) is 8.37. The third-order valence-corrected chi connectivity index (χ3v) is 8.84. The van der Waals surface area contributed by atoms with Gasteiger partial charge < -0.3 is 26.2 Å². The molecular weight excluding hydrogens is 526 g/mol. The van der Waals surface area contributed by atoms with E-state index in [1.54, 1.807) is 4.90 Å². The second-order valence-corrected chi connectivity index (χ2v) is 12.0. The van der Waals surface area contributed by atoms with E-state index in [9.17, 15) is 14.4 Å². The zero-order valence-electron chi connectivity index (χ0n) is 24.7. The van der Waals surface area contributed by atoms with Crippen LogP contribution in [0.25, 0.3) is 10.8 Å². The van der Waals surface area contributed by atoms with E-state index in [0.29, 0.717) is 58.0 Å². The van der Waals surface area contributed by atoms with Crippen molar-refractivity contribution in [3.63, 3.8) is 0 Å². The van der Waals surface area contributed by atoms with Gasteiger partial charge in [-0.1, -0.05) is 72.8 Å². The van der Waals surface area contributed by atoms with Gasteiger partial charge in [-0.05, 0) is 48.1 Å². The number of hydrogen-bond acceptors (Lipinski definition) is 3. The lowest BCUT2D eigenvalue weighted by molar-refractivity contribution is -0.425. The maximum Gasteiger partial charge on any atom is 0.318 e. The highest BCUT2D eigenvalue weighted by Crippen LogP contribution is 2.35. The number of hydrogen-bond donors (Lipinski definition) is 3. The van der Waals surface area contributed by atoms with Gasteiger partial charge in [0.25, 0.3) is 0 Å². The van der Waals surface area contributed by atoms with Crippen LogP contribution in [-0.4, -0.2) is 72.5 Å². The minimum Gasteiger partial charge on any atom is -0.356 e. The van der Waals surface area contributed by atoms with Gasteiger partial charge >= 0.3 is 6.03 Å². The molecule has 0 aromatic heterocycles. The molecule has 2 aliphatic rings. The Morgan fingerprint density at radius 1 is 0.905 bits per heavy atom. The van der Waals surface area contributed by atoms with E-state index in [0.717, 1.165) is 41.2 Å². The zero-order valence-corrected chi connectivity index (χ0v) is 24.7. The van der Waals surface area contributed by atoms with Crippen molar-refractivity contribution in [1.82, 2.24) is 20.4 Å². The van der Waals surface area contributed by atoms with E-state index in [-0.39, 0.29) is 17.8 Å². The quantitative estimate of drug-likeness (QED) is 0.387. The summed E-state index contributed by atoms with van der Waals surface area (Å²) in [6.07, 6.45) is 4.09. The van der Waals surface area contributed by atoms with Crippen molar-refractivity contribution >= 4 is 28.6 Å². The third kappa shape index (κ3) is 6.93. The molecule has 0 unspecified atom stereocenters. The van der Waals surface area contributed by atoms with Crippen molar-refractivity contribution in [2.24, 2.45) is 5.41 Å². The van der Waals surface area contributed by atoms with Crippen molar-refractivity contribution in [3.05, 3.63) is 83.9 Å². The topological polar surface area (TPSA) is 109 Å². The van der Waals surface area contributed by atoms with Crippen molar-refractivity contribution in [2.75, 3.05) is 32.7 Å². The summed E-state index contributed by atoms with van der Waals surface area (Å²) in [5.74, 6) is -0.150. The van der Waals surface area contributed by atoms with Gasteiger partial charge in [-0.2, -0.15) is 0 Å². The van der Waals surface area contributed by atoms with Crippen LogP contribution in [0.15, 0.2) is 72.8 Å². The number of nitrogens with zero attached hydrogens (tertiary/aromatic N) is 2. The number of carbonyl (C=O) groups is 3. The summed E-state index contributed by atoms with van der Waals surface area (Å²) < 4.78 is 0. The Balaban J connectivity index is 1.40. The van der Waals surface area contributed by atoms with E-state index in [2.05, 4.69) is 40.6 Å². The number of urea groups is 1. The summed E-state index contributed by atoms with van der Waals surface area (Å²) in [6, 6.07) is 23.8. The van der Waals surface area contributed by atoms with Crippen molar-refractivity contribution < 1.29 is 20.1 Å².